The van der Waals surface area contributed by atoms with Gasteiger partial charge in [0.05, 0.1) is 15.6 Å². The number of aryl methyl sites for hydroxylation is 1. The molecule has 1 saturated carbocycles. The van der Waals surface area contributed by atoms with Gasteiger partial charge in [0, 0.05) is 23.7 Å². The summed E-state index contributed by atoms with van der Waals surface area (Å²) in [5.41, 5.74) is 3.01. The molecular formula is C14H14Cl2N2. The van der Waals surface area contributed by atoms with Crippen molar-refractivity contribution in [2.75, 3.05) is 0 Å². The minimum absolute atomic E-state index is 0.547. The van der Waals surface area contributed by atoms with Crippen LogP contribution in [-0.4, -0.2) is 11.0 Å². The molecule has 0 aliphatic heterocycles. The van der Waals surface area contributed by atoms with Gasteiger partial charge in [0.2, 0.25) is 0 Å². The molecule has 0 unspecified atom stereocenters. The summed E-state index contributed by atoms with van der Waals surface area (Å²) < 4.78 is 0. The molecule has 0 bridgehead atoms. The Labute approximate surface area is 116 Å². The van der Waals surface area contributed by atoms with Crippen LogP contribution in [0.1, 0.15) is 24.1 Å². The molecule has 0 saturated heterocycles. The fraction of sp³-hybridized carbons (Fsp3) is 0.357. The molecule has 18 heavy (non-hydrogen) atoms. The van der Waals surface area contributed by atoms with Crippen LogP contribution in [0.25, 0.3) is 10.9 Å². The Morgan fingerprint density at radius 3 is 2.83 bits per heavy atom. The fourth-order valence-electron chi connectivity index (χ4n) is 2.13. The van der Waals surface area contributed by atoms with E-state index in [9.17, 15) is 0 Å². The molecule has 0 atom stereocenters. The summed E-state index contributed by atoms with van der Waals surface area (Å²) in [4.78, 5) is 4.50. The molecule has 3 rings (SSSR count). The molecular weight excluding hydrogens is 267 g/mol. The molecule has 1 aromatic carbocycles. The Morgan fingerprint density at radius 1 is 1.33 bits per heavy atom. The predicted molar refractivity (Wildman–Crippen MR) is 76.4 cm³/mol. The highest BCUT2D eigenvalue weighted by atomic mass is 35.5. The summed E-state index contributed by atoms with van der Waals surface area (Å²) >= 11 is 12.3. The summed E-state index contributed by atoms with van der Waals surface area (Å²) in [5, 5.41) is 5.71. The van der Waals surface area contributed by atoms with E-state index in [0.29, 0.717) is 16.1 Å². The monoisotopic (exact) mass is 280 g/mol. The lowest BCUT2D eigenvalue weighted by atomic mass is 10.1. The number of hydrogen-bond donors (Lipinski definition) is 1. The molecule has 1 fully saturated rings. The quantitative estimate of drug-likeness (QED) is 0.916. The van der Waals surface area contributed by atoms with Gasteiger partial charge in [0.1, 0.15) is 0 Å². The van der Waals surface area contributed by atoms with Crippen molar-refractivity contribution in [2.24, 2.45) is 0 Å². The first-order chi connectivity index (χ1) is 8.65. The molecule has 1 N–H and O–H groups in total. The number of fused-ring (bicyclic) bond motifs is 1. The Hall–Kier alpha value is -0.830. The smallest absolute Gasteiger partial charge is 0.0909 e. The molecule has 0 spiro atoms. The van der Waals surface area contributed by atoms with Crippen molar-refractivity contribution in [3.05, 3.63) is 39.5 Å². The second-order valence-electron chi connectivity index (χ2n) is 4.84. The molecule has 1 aliphatic rings. The number of rotatable bonds is 3. The number of pyridine rings is 1. The average Bonchev–Trinajstić information content (AvgIpc) is 3.15. The molecule has 94 valence electrons. The van der Waals surface area contributed by atoms with Gasteiger partial charge in [0.25, 0.3) is 0 Å². The third kappa shape index (κ3) is 2.33. The first-order valence-corrected chi connectivity index (χ1v) is 6.88. The first kappa shape index (κ1) is 12.2. The zero-order chi connectivity index (χ0) is 12.7. The van der Waals surface area contributed by atoms with Crippen molar-refractivity contribution >= 4 is 34.1 Å². The number of halogens is 2. The summed E-state index contributed by atoms with van der Waals surface area (Å²) in [5.74, 6) is 0. The average molecular weight is 281 g/mol. The second-order valence-corrected chi connectivity index (χ2v) is 5.62. The van der Waals surface area contributed by atoms with Gasteiger partial charge < -0.3 is 5.32 Å². The maximum atomic E-state index is 6.23. The third-order valence-corrected chi connectivity index (χ3v) is 4.04. The van der Waals surface area contributed by atoms with Crippen LogP contribution in [0.15, 0.2) is 18.2 Å². The van der Waals surface area contributed by atoms with Crippen molar-refractivity contribution in [3.8, 4) is 0 Å². The van der Waals surface area contributed by atoms with E-state index in [1.807, 2.05) is 19.1 Å². The summed E-state index contributed by atoms with van der Waals surface area (Å²) in [6.45, 7) is 2.85. The van der Waals surface area contributed by atoms with Crippen LogP contribution >= 0.6 is 23.2 Å². The van der Waals surface area contributed by atoms with Crippen LogP contribution in [0.5, 0.6) is 0 Å². The molecule has 1 aromatic heterocycles. The van der Waals surface area contributed by atoms with Crippen molar-refractivity contribution in [3.63, 3.8) is 0 Å². The number of aromatic nitrogens is 1. The van der Waals surface area contributed by atoms with Crippen LogP contribution in [0.2, 0.25) is 10.0 Å². The normalized spacial score (nSPS) is 15.3. The van der Waals surface area contributed by atoms with Crippen LogP contribution in [-0.2, 0) is 6.54 Å². The van der Waals surface area contributed by atoms with Crippen LogP contribution in [0.3, 0.4) is 0 Å². The molecule has 2 aromatic rings. The number of nitrogens with zero attached hydrogens (tertiary/aromatic N) is 1. The van der Waals surface area contributed by atoms with E-state index < -0.39 is 0 Å². The zero-order valence-corrected chi connectivity index (χ0v) is 11.6. The van der Waals surface area contributed by atoms with Gasteiger partial charge in [0.15, 0.2) is 0 Å². The van der Waals surface area contributed by atoms with E-state index in [1.165, 1.54) is 18.4 Å². The van der Waals surface area contributed by atoms with Gasteiger partial charge >= 0.3 is 0 Å². The largest absolute Gasteiger partial charge is 0.310 e. The van der Waals surface area contributed by atoms with Crippen molar-refractivity contribution in [1.29, 1.82) is 0 Å². The molecule has 1 aliphatic carbocycles. The Morgan fingerprint density at radius 2 is 2.11 bits per heavy atom. The topological polar surface area (TPSA) is 24.9 Å². The van der Waals surface area contributed by atoms with Gasteiger partial charge in [-0.25, -0.2) is 0 Å². The van der Waals surface area contributed by atoms with E-state index >= 15 is 0 Å². The van der Waals surface area contributed by atoms with Crippen molar-refractivity contribution < 1.29 is 0 Å². The summed E-state index contributed by atoms with van der Waals surface area (Å²) in [6.07, 6.45) is 2.57. The van der Waals surface area contributed by atoms with Crippen molar-refractivity contribution in [1.82, 2.24) is 10.3 Å². The highest BCUT2D eigenvalue weighted by Gasteiger charge is 2.20. The van der Waals surface area contributed by atoms with Crippen LogP contribution < -0.4 is 5.32 Å². The molecule has 0 radical (unpaired) electrons. The minimum atomic E-state index is 0.547. The van der Waals surface area contributed by atoms with Crippen molar-refractivity contribution in [2.45, 2.75) is 32.4 Å². The predicted octanol–water partition coefficient (Wildman–Crippen LogP) is 4.10. The summed E-state index contributed by atoms with van der Waals surface area (Å²) in [6, 6.07) is 6.64. The number of benzene rings is 1. The second kappa shape index (κ2) is 4.69. The number of nitrogens with one attached hydrogen (secondary N) is 1. The minimum Gasteiger partial charge on any atom is -0.310 e. The Bertz CT molecular complexity index is 606. The molecule has 0 amide bonds. The van der Waals surface area contributed by atoms with Gasteiger partial charge in [-0.2, -0.15) is 0 Å². The standard InChI is InChI=1S/C14H14Cl2N2/c1-8-6-9(7-17-10-2-3-10)11-4-5-12(15)13(16)14(11)18-8/h4-6,10,17H,2-3,7H2,1H3. The van der Waals surface area contributed by atoms with Gasteiger partial charge in [-0.3, -0.25) is 4.98 Å². The Kier molecular flexibility index (Phi) is 3.18. The lowest BCUT2D eigenvalue weighted by Crippen LogP contribution is -2.15. The van der Waals surface area contributed by atoms with Gasteiger partial charge in [-0.1, -0.05) is 29.3 Å². The molecule has 2 nitrogen and oxygen atoms in total. The fourth-order valence-corrected chi connectivity index (χ4v) is 2.49. The SMILES string of the molecule is Cc1cc(CNC2CC2)c2ccc(Cl)c(Cl)c2n1. The lowest BCUT2D eigenvalue weighted by molar-refractivity contribution is 0.690. The highest BCUT2D eigenvalue weighted by molar-refractivity contribution is 6.45. The molecule has 4 heteroatoms. The van der Waals surface area contributed by atoms with Gasteiger partial charge in [-0.15, -0.1) is 0 Å². The third-order valence-electron chi connectivity index (χ3n) is 3.24. The highest BCUT2D eigenvalue weighted by Crippen LogP contribution is 2.31. The van der Waals surface area contributed by atoms with E-state index in [-0.39, 0.29) is 0 Å². The van der Waals surface area contributed by atoms with E-state index in [2.05, 4.69) is 16.4 Å². The zero-order valence-electron chi connectivity index (χ0n) is 10.1. The Balaban J connectivity index is 2.08. The van der Waals surface area contributed by atoms with E-state index in [0.717, 1.165) is 23.1 Å². The number of hydrogen-bond acceptors (Lipinski definition) is 2. The van der Waals surface area contributed by atoms with Gasteiger partial charge in [-0.05, 0) is 37.5 Å². The first-order valence-electron chi connectivity index (χ1n) is 6.13. The van der Waals surface area contributed by atoms with Crippen LogP contribution in [0.4, 0.5) is 0 Å². The van der Waals surface area contributed by atoms with Crippen LogP contribution in [0, 0.1) is 6.92 Å². The maximum absolute atomic E-state index is 6.23. The maximum Gasteiger partial charge on any atom is 0.0909 e. The molecule has 1 heterocycles. The van der Waals surface area contributed by atoms with E-state index in [1.54, 1.807) is 0 Å². The summed E-state index contributed by atoms with van der Waals surface area (Å²) in [7, 11) is 0. The lowest BCUT2D eigenvalue weighted by Gasteiger charge is -2.10. The van der Waals surface area contributed by atoms with E-state index in [4.69, 9.17) is 23.2 Å².